The second-order valence-corrected chi connectivity index (χ2v) is 4.66. The maximum Gasteiger partial charge on any atom is 0.337 e. The maximum atomic E-state index is 11.7. The molecule has 90 valence electrons. The van der Waals surface area contributed by atoms with Crippen molar-refractivity contribution in [1.82, 2.24) is 0 Å². The van der Waals surface area contributed by atoms with Gasteiger partial charge in [0.1, 0.15) is 0 Å². The molecule has 0 spiro atoms. The van der Waals surface area contributed by atoms with Crippen LogP contribution in [0.2, 0.25) is 0 Å². The molecule has 1 aromatic rings. The van der Waals surface area contributed by atoms with Gasteiger partial charge < -0.3 is 9.64 Å². The number of halogens is 1. The molecule has 0 N–H and O–H groups in total. The summed E-state index contributed by atoms with van der Waals surface area (Å²) in [7, 11) is 1.34. The first-order chi connectivity index (χ1) is 8.13. The Hall–Kier alpha value is -1.36. The molecule has 1 fully saturated rings. The van der Waals surface area contributed by atoms with Crippen LogP contribution < -0.4 is 4.90 Å². The molecule has 1 aliphatic heterocycles. The van der Waals surface area contributed by atoms with Crippen LogP contribution in [0.3, 0.4) is 0 Å². The fourth-order valence-corrected chi connectivity index (χ4v) is 2.33. The van der Waals surface area contributed by atoms with Crippen molar-refractivity contribution in [2.75, 3.05) is 18.6 Å². The van der Waals surface area contributed by atoms with Crippen molar-refractivity contribution >= 4 is 33.5 Å². The highest BCUT2D eigenvalue weighted by atomic mass is 79.9. The van der Waals surface area contributed by atoms with Gasteiger partial charge in [0.25, 0.3) is 0 Å². The smallest absolute Gasteiger partial charge is 0.337 e. The molecule has 1 saturated heterocycles. The molecule has 1 heterocycles. The summed E-state index contributed by atoms with van der Waals surface area (Å²) in [6.07, 6.45) is 1.42. The third kappa shape index (κ3) is 2.34. The van der Waals surface area contributed by atoms with E-state index < -0.39 is 5.97 Å². The summed E-state index contributed by atoms with van der Waals surface area (Å²) in [4.78, 5) is 24.8. The standard InChI is InChI=1S/C12H12BrNO3/c1-17-12(16)8-4-5-9(13)10(7-8)14-6-2-3-11(14)15/h4-5,7H,2-3,6H2,1H3. The van der Waals surface area contributed by atoms with E-state index in [2.05, 4.69) is 20.7 Å². The van der Waals surface area contributed by atoms with E-state index in [0.717, 1.165) is 16.6 Å². The Morgan fingerprint density at radius 2 is 2.24 bits per heavy atom. The minimum Gasteiger partial charge on any atom is -0.465 e. The summed E-state index contributed by atoms with van der Waals surface area (Å²) in [6, 6.07) is 5.10. The summed E-state index contributed by atoms with van der Waals surface area (Å²) >= 11 is 3.39. The first-order valence-corrected chi connectivity index (χ1v) is 6.11. The molecule has 0 unspecified atom stereocenters. The van der Waals surface area contributed by atoms with Crippen LogP contribution in [-0.4, -0.2) is 25.5 Å². The molecule has 0 aromatic heterocycles. The number of anilines is 1. The molecule has 1 aliphatic rings. The highest BCUT2D eigenvalue weighted by Gasteiger charge is 2.24. The zero-order valence-corrected chi connectivity index (χ0v) is 11.0. The van der Waals surface area contributed by atoms with Crippen molar-refractivity contribution in [3.05, 3.63) is 28.2 Å². The molecule has 0 saturated carbocycles. The van der Waals surface area contributed by atoms with Crippen LogP contribution in [0.15, 0.2) is 22.7 Å². The molecule has 5 heteroatoms. The van der Waals surface area contributed by atoms with Crippen molar-refractivity contribution in [2.45, 2.75) is 12.8 Å². The highest BCUT2D eigenvalue weighted by molar-refractivity contribution is 9.10. The fraction of sp³-hybridized carbons (Fsp3) is 0.333. The van der Waals surface area contributed by atoms with Crippen molar-refractivity contribution in [3.63, 3.8) is 0 Å². The molecule has 2 rings (SSSR count). The van der Waals surface area contributed by atoms with Crippen LogP contribution in [0.4, 0.5) is 5.69 Å². The van der Waals surface area contributed by atoms with Gasteiger partial charge in [0.15, 0.2) is 0 Å². The van der Waals surface area contributed by atoms with Gasteiger partial charge in [-0.15, -0.1) is 0 Å². The monoisotopic (exact) mass is 297 g/mol. The lowest BCUT2D eigenvalue weighted by molar-refractivity contribution is -0.117. The first-order valence-electron chi connectivity index (χ1n) is 5.31. The van der Waals surface area contributed by atoms with Crippen LogP contribution in [0.25, 0.3) is 0 Å². The lowest BCUT2D eigenvalue weighted by atomic mass is 10.2. The molecule has 1 amide bonds. The number of hydrogen-bond acceptors (Lipinski definition) is 3. The summed E-state index contributed by atoms with van der Waals surface area (Å²) in [5, 5.41) is 0. The van der Waals surface area contributed by atoms with E-state index in [1.54, 1.807) is 23.1 Å². The van der Waals surface area contributed by atoms with Crippen molar-refractivity contribution < 1.29 is 14.3 Å². The van der Waals surface area contributed by atoms with Crippen LogP contribution in [0.1, 0.15) is 23.2 Å². The third-order valence-electron chi connectivity index (χ3n) is 2.73. The molecule has 0 bridgehead atoms. The number of carbonyl (C=O) groups excluding carboxylic acids is 2. The zero-order valence-electron chi connectivity index (χ0n) is 9.40. The number of esters is 1. The Morgan fingerprint density at radius 3 is 2.82 bits per heavy atom. The SMILES string of the molecule is COC(=O)c1ccc(Br)c(N2CCCC2=O)c1. The van der Waals surface area contributed by atoms with E-state index in [-0.39, 0.29) is 5.91 Å². The second-order valence-electron chi connectivity index (χ2n) is 3.81. The van der Waals surface area contributed by atoms with Gasteiger partial charge in [-0.25, -0.2) is 4.79 Å². The third-order valence-corrected chi connectivity index (χ3v) is 3.40. The van der Waals surface area contributed by atoms with E-state index in [4.69, 9.17) is 0 Å². The summed E-state index contributed by atoms with van der Waals surface area (Å²) in [5.41, 5.74) is 1.18. The number of nitrogens with zero attached hydrogens (tertiary/aromatic N) is 1. The van der Waals surface area contributed by atoms with E-state index in [1.807, 2.05) is 0 Å². The van der Waals surface area contributed by atoms with E-state index in [1.165, 1.54) is 7.11 Å². The van der Waals surface area contributed by atoms with Gasteiger partial charge in [-0.3, -0.25) is 4.79 Å². The predicted octanol–water partition coefficient (Wildman–Crippen LogP) is 2.36. The number of rotatable bonds is 2. The lowest BCUT2D eigenvalue weighted by Crippen LogP contribution is -2.24. The Kier molecular flexibility index (Phi) is 3.47. The topological polar surface area (TPSA) is 46.6 Å². The summed E-state index contributed by atoms with van der Waals surface area (Å²) in [6.45, 7) is 0.696. The molecule has 4 nitrogen and oxygen atoms in total. The van der Waals surface area contributed by atoms with Gasteiger partial charge in [0.2, 0.25) is 5.91 Å². The maximum absolute atomic E-state index is 11.7. The Labute approximate surface area is 108 Å². The van der Waals surface area contributed by atoms with Crippen molar-refractivity contribution in [3.8, 4) is 0 Å². The Balaban J connectivity index is 2.38. The second kappa shape index (κ2) is 4.87. The lowest BCUT2D eigenvalue weighted by Gasteiger charge is -2.18. The van der Waals surface area contributed by atoms with E-state index in [0.29, 0.717) is 18.5 Å². The molecular formula is C12H12BrNO3. The van der Waals surface area contributed by atoms with Crippen LogP contribution in [0.5, 0.6) is 0 Å². The normalized spacial score (nSPS) is 15.2. The van der Waals surface area contributed by atoms with Crippen LogP contribution in [0, 0.1) is 0 Å². The molecule has 17 heavy (non-hydrogen) atoms. The fourth-order valence-electron chi connectivity index (χ4n) is 1.87. The molecule has 0 radical (unpaired) electrons. The number of carbonyl (C=O) groups is 2. The van der Waals surface area contributed by atoms with Gasteiger partial charge in [0.05, 0.1) is 18.4 Å². The predicted molar refractivity (Wildman–Crippen MR) is 67.1 cm³/mol. The average molecular weight is 298 g/mol. The summed E-state index contributed by atoms with van der Waals surface area (Å²) in [5.74, 6) is -0.307. The van der Waals surface area contributed by atoms with Gasteiger partial charge in [-0.2, -0.15) is 0 Å². The number of methoxy groups -OCH3 is 1. The van der Waals surface area contributed by atoms with Gasteiger partial charge in [-0.1, -0.05) is 0 Å². The Bertz CT molecular complexity index is 473. The molecule has 1 aromatic carbocycles. The minimum atomic E-state index is -0.398. The highest BCUT2D eigenvalue weighted by Crippen LogP contribution is 2.30. The van der Waals surface area contributed by atoms with Gasteiger partial charge in [-0.05, 0) is 40.5 Å². The van der Waals surface area contributed by atoms with E-state index >= 15 is 0 Å². The number of hydrogen-bond donors (Lipinski definition) is 0. The van der Waals surface area contributed by atoms with Gasteiger partial charge in [0, 0.05) is 17.4 Å². The minimum absolute atomic E-state index is 0.0905. The van der Waals surface area contributed by atoms with Crippen molar-refractivity contribution in [2.24, 2.45) is 0 Å². The van der Waals surface area contributed by atoms with Crippen molar-refractivity contribution in [1.29, 1.82) is 0 Å². The van der Waals surface area contributed by atoms with Crippen LogP contribution >= 0.6 is 15.9 Å². The molecule has 0 aliphatic carbocycles. The molecule has 0 atom stereocenters. The quantitative estimate of drug-likeness (QED) is 0.787. The molecular weight excluding hydrogens is 286 g/mol. The van der Waals surface area contributed by atoms with Crippen LogP contribution in [-0.2, 0) is 9.53 Å². The van der Waals surface area contributed by atoms with E-state index in [9.17, 15) is 9.59 Å². The number of ether oxygens (including phenoxy) is 1. The number of amides is 1. The number of benzene rings is 1. The zero-order chi connectivity index (χ0) is 12.4. The largest absolute Gasteiger partial charge is 0.465 e. The van der Waals surface area contributed by atoms with Gasteiger partial charge >= 0.3 is 5.97 Å². The Morgan fingerprint density at radius 1 is 1.47 bits per heavy atom. The average Bonchev–Trinajstić information content (AvgIpc) is 2.75. The summed E-state index contributed by atoms with van der Waals surface area (Å²) < 4.78 is 5.47. The first kappa shape index (κ1) is 12.1.